The van der Waals surface area contributed by atoms with Crippen LogP contribution in [0.15, 0.2) is 0 Å². The summed E-state index contributed by atoms with van der Waals surface area (Å²) >= 11 is 0. The molecule has 1 aliphatic carbocycles. The van der Waals surface area contributed by atoms with Crippen LogP contribution < -0.4 is 10.6 Å². The van der Waals surface area contributed by atoms with E-state index in [0.717, 1.165) is 13.0 Å². The summed E-state index contributed by atoms with van der Waals surface area (Å²) in [5, 5.41) is 5.56. The Balaban J connectivity index is 1.80. The molecule has 8 heteroatoms. The Hall–Kier alpha value is -1.15. The van der Waals surface area contributed by atoms with Crippen molar-refractivity contribution in [3.8, 4) is 0 Å². The lowest BCUT2D eigenvalue weighted by Crippen LogP contribution is -2.47. The molecule has 0 radical (unpaired) electrons. The largest absolute Gasteiger partial charge is 0.355 e. The van der Waals surface area contributed by atoms with Crippen LogP contribution in [0.3, 0.4) is 0 Å². The molecule has 0 aromatic rings. The molecule has 1 aliphatic heterocycles. The van der Waals surface area contributed by atoms with Crippen LogP contribution in [0, 0.1) is 5.41 Å². The minimum atomic E-state index is -3.03. The van der Waals surface area contributed by atoms with E-state index in [9.17, 15) is 18.0 Å². The third kappa shape index (κ3) is 4.19. The van der Waals surface area contributed by atoms with Crippen molar-refractivity contribution in [1.29, 1.82) is 0 Å². The van der Waals surface area contributed by atoms with Crippen LogP contribution in [-0.2, 0) is 19.4 Å². The van der Waals surface area contributed by atoms with E-state index in [1.54, 1.807) is 0 Å². The van der Waals surface area contributed by atoms with Gasteiger partial charge in [0.2, 0.25) is 11.8 Å². The van der Waals surface area contributed by atoms with E-state index < -0.39 is 15.3 Å². The average molecular weight is 331 g/mol. The molecular weight excluding hydrogens is 306 g/mol. The molecule has 2 amide bonds. The summed E-state index contributed by atoms with van der Waals surface area (Å²) in [6.45, 7) is 1.42. The van der Waals surface area contributed by atoms with Crippen molar-refractivity contribution in [3.05, 3.63) is 0 Å². The van der Waals surface area contributed by atoms with Crippen LogP contribution in [0.4, 0.5) is 0 Å². The molecule has 2 fully saturated rings. The number of hydrogen-bond acceptors (Lipinski definition) is 5. The maximum Gasteiger partial charge on any atom is 0.235 e. The molecule has 2 aliphatic rings. The molecule has 1 heterocycles. The highest BCUT2D eigenvalue weighted by Crippen LogP contribution is 2.46. The second-order valence-electron chi connectivity index (χ2n) is 6.57. The molecule has 1 unspecified atom stereocenters. The van der Waals surface area contributed by atoms with Crippen LogP contribution in [0.2, 0.25) is 0 Å². The van der Waals surface area contributed by atoms with Crippen molar-refractivity contribution in [2.45, 2.75) is 31.7 Å². The van der Waals surface area contributed by atoms with E-state index in [0.29, 0.717) is 25.8 Å². The summed E-state index contributed by atoms with van der Waals surface area (Å²) in [4.78, 5) is 26.5. The number of carbonyl (C=O) groups is 2. The summed E-state index contributed by atoms with van der Waals surface area (Å²) in [6.07, 6.45) is 2.35. The van der Waals surface area contributed by atoms with E-state index in [2.05, 4.69) is 10.6 Å². The van der Waals surface area contributed by atoms with Crippen molar-refractivity contribution >= 4 is 21.7 Å². The molecule has 7 nitrogen and oxygen atoms in total. The molecule has 0 spiro atoms. The molecule has 22 heavy (non-hydrogen) atoms. The van der Waals surface area contributed by atoms with Crippen molar-refractivity contribution < 1.29 is 18.0 Å². The maximum atomic E-state index is 12.3. The lowest BCUT2D eigenvalue weighted by Gasteiger charge is -2.18. The lowest BCUT2D eigenvalue weighted by atomic mass is 10.0. The topological polar surface area (TPSA) is 95.6 Å². The first-order valence-corrected chi connectivity index (χ1v) is 9.52. The second-order valence-corrected chi connectivity index (χ2v) is 8.80. The number of amides is 2. The number of nitrogens with one attached hydrogen (secondary N) is 2. The maximum absolute atomic E-state index is 12.3. The van der Waals surface area contributed by atoms with Gasteiger partial charge in [0.1, 0.15) is 5.41 Å². The first-order valence-electron chi connectivity index (χ1n) is 7.70. The zero-order valence-electron chi connectivity index (χ0n) is 13.2. The minimum absolute atomic E-state index is 0.0146. The zero-order chi connectivity index (χ0) is 16.4. The van der Waals surface area contributed by atoms with Crippen LogP contribution in [0.5, 0.6) is 0 Å². The SMILES string of the molecule is CN(C)CCCNC(=O)C1(C(=O)NC2CCS(=O)(=O)C2)CC1. The fourth-order valence-electron chi connectivity index (χ4n) is 2.68. The Bertz CT molecular complexity index is 540. The van der Waals surface area contributed by atoms with Crippen LogP contribution in [0.1, 0.15) is 25.7 Å². The Morgan fingerprint density at radius 3 is 2.41 bits per heavy atom. The normalized spacial score (nSPS) is 25.0. The number of nitrogens with zero attached hydrogens (tertiary/aromatic N) is 1. The predicted octanol–water partition coefficient (Wildman–Crippen LogP) is -0.862. The third-order valence-corrected chi connectivity index (χ3v) is 6.02. The molecular formula is C14H25N3O4S. The van der Waals surface area contributed by atoms with Crippen LogP contribution >= 0.6 is 0 Å². The van der Waals surface area contributed by atoms with Gasteiger partial charge in [-0.2, -0.15) is 0 Å². The summed E-state index contributed by atoms with van der Waals surface area (Å²) in [5.74, 6) is -0.453. The highest BCUT2D eigenvalue weighted by atomic mass is 32.2. The fourth-order valence-corrected chi connectivity index (χ4v) is 4.35. The Morgan fingerprint density at radius 2 is 1.91 bits per heavy atom. The van der Waals surface area contributed by atoms with Crippen LogP contribution in [0.25, 0.3) is 0 Å². The Morgan fingerprint density at radius 1 is 1.23 bits per heavy atom. The van der Waals surface area contributed by atoms with E-state index in [1.807, 2.05) is 19.0 Å². The summed E-state index contributed by atoms with van der Waals surface area (Å²) in [7, 11) is 0.899. The predicted molar refractivity (Wildman–Crippen MR) is 83.0 cm³/mol. The number of sulfone groups is 1. The van der Waals surface area contributed by atoms with Gasteiger partial charge in [0.25, 0.3) is 0 Å². The molecule has 126 valence electrons. The van der Waals surface area contributed by atoms with Crippen molar-refractivity contribution in [1.82, 2.24) is 15.5 Å². The first-order chi connectivity index (χ1) is 10.3. The lowest BCUT2D eigenvalue weighted by molar-refractivity contribution is -0.137. The van der Waals surface area contributed by atoms with Gasteiger partial charge in [0.15, 0.2) is 9.84 Å². The van der Waals surface area contributed by atoms with Gasteiger partial charge in [0.05, 0.1) is 11.5 Å². The molecule has 0 bridgehead atoms. The number of rotatable bonds is 7. The highest BCUT2D eigenvalue weighted by molar-refractivity contribution is 7.91. The van der Waals surface area contributed by atoms with Gasteiger partial charge in [-0.1, -0.05) is 0 Å². The van der Waals surface area contributed by atoms with E-state index in [1.165, 1.54) is 0 Å². The van der Waals surface area contributed by atoms with Crippen molar-refractivity contribution in [2.24, 2.45) is 5.41 Å². The number of carbonyl (C=O) groups excluding carboxylic acids is 2. The smallest absolute Gasteiger partial charge is 0.235 e. The molecule has 0 aromatic carbocycles. The Kier molecular flexibility index (Phi) is 5.11. The fraction of sp³-hybridized carbons (Fsp3) is 0.857. The molecule has 0 aromatic heterocycles. The van der Waals surface area contributed by atoms with Crippen molar-refractivity contribution in [2.75, 3.05) is 38.7 Å². The first kappa shape index (κ1) is 17.2. The summed E-state index contributed by atoms with van der Waals surface area (Å²) in [6, 6.07) is -0.350. The van der Waals surface area contributed by atoms with Crippen molar-refractivity contribution in [3.63, 3.8) is 0 Å². The average Bonchev–Trinajstić information content (AvgIpc) is 3.16. The molecule has 2 N–H and O–H groups in total. The standard InChI is InChI=1S/C14H25N3O4S/c1-17(2)8-3-7-15-12(18)14(5-6-14)13(19)16-11-4-9-22(20,21)10-11/h11H,3-10H2,1-2H3,(H,15,18)(H,16,19). The van der Waals surface area contributed by atoms with Gasteiger partial charge < -0.3 is 15.5 Å². The number of hydrogen-bond donors (Lipinski definition) is 2. The summed E-state index contributed by atoms with van der Waals surface area (Å²) in [5.41, 5.74) is -0.968. The van der Waals surface area contributed by atoms with E-state index in [4.69, 9.17) is 0 Å². The van der Waals surface area contributed by atoms with E-state index in [-0.39, 0.29) is 29.4 Å². The Labute approximate surface area is 131 Å². The highest BCUT2D eigenvalue weighted by Gasteiger charge is 2.56. The second kappa shape index (κ2) is 6.54. The molecule has 1 saturated heterocycles. The monoisotopic (exact) mass is 331 g/mol. The molecule has 2 rings (SSSR count). The zero-order valence-corrected chi connectivity index (χ0v) is 14.0. The molecule has 1 saturated carbocycles. The molecule has 1 atom stereocenters. The minimum Gasteiger partial charge on any atom is -0.355 e. The third-order valence-electron chi connectivity index (χ3n) is 4.25. The van der Waals surface area contributed by atoms with Crippen LogP contribution in [-0.4, -0.2) is 69.9 Å². The summed E-state index contributed by atoms with van der Waals surface area (Å²) < 4.78 is 22.8. The van der Waals surface area contributed by atoms with Gasteiger partial charge in [0, 0.05) is 12.6 Å². The van der Waals surface area contributed by atoms with Gasteiger partial charge in [-0.05, 0) is 46.3 Å². The van der Waals surface area contributed by atoms with Gasteiger partial charge >= 0.3 is 0 Å². The van der Waals surface area contributed by atoms with Gasteiger partial charge in [-0.3, -0.25) is 9.59 Å². The van der Waals surface area contributed by atoms with Gasteiger partial charge in [-0.25, -0.2) is 8.42 Å². The van der Waals surface area contributed by atoms with Gasteiger partial charge in [-0.15, -0.1) is 0 Å². The van der Waals surface area contributed by atoms with E-state index >= 15 is 0 Å². The quantitative estimate of drug-likeness (QED) is 0.467.